The average molecular weight is 513 g/mol. The quantitative estimate of drug-likeness (QED) is 0.175. The van der Waals surface area contributed by atoms with Crippen LogP contribution in [0.3, 0.4) is 0 Å². The number of nitrogens with two attached hydrogens (primary N) is 1. The minimum absolute atomic E-state index is 0. The van der Waals surface area contributed by atoms with Gasteiger partial charge in [-0.15, -0.1) is 0 Å². The van der Waals surface area contributed by atoms with Crippen LogP contribution in [0.4, 0.5) is 0 Å². The number of unbranched alkanes of at least 4 members (excludes halogenated alkanes) is 15. The van der Waals surface area contributed by atoms with Crippen LogP contribution < -0.4 is 18.1 Å². The van der Waals surface area contributed by atoms with E-state index < -0.39 is 8.97 Å². The summed E-state index contributed by atoms with van der Waals surface area (Å²) in [7, 11) is 6.57. The zero-order valence-electron chi connectivity index (χ0n) is 23.6. The maximum atomic E-state index is 5.48. The number of hydrogen-bond acceptors (Lipinski definition) is 4. The second-order valence-electron chi connectivity index (χ2n) is 9.64. The Morgan fingerprint density at radius 3 is 1.09 bits per heavy atom. The van der Waals surface area contributed by atoms with Crippen molar-refractivity contribution in [2.75, 3.05) is 48.5 Å². The Morgan fingerprint density at radius 1 is 0.545 bits per heavy atom. The van der Waals surface area contributed by atoms with Crippen molar-refractivity contribution < 1.29 is 29.8 Å². The van der Waals surface area contributed by atoms with E-state index in [2.05, 4.69) is 27.9 Å². The van der Waals surface area contributed by atoms with Gasteiger partial charge in [-0.25, -0.2) is 0 Å². The summed E-state index contributed by atoms with van der Waals surface area (Å²) in [6, 6.07) is 0. The van der Waals surface area contributed by atoms with Crippen LogP contribution in [0.25, 0.3) is 0 Å². The van der Waals surface area contributed by atoms with Gasteiger partial charge in [0.05, 0.1) is 20.6 Å². The lowest BCUT2D eigenvalue weighted by molar-refractivity contribution is -0.819. The third kappa shape index (κ3) is 20.2. The first kappa shape index (κ1) is 37.8. The second kappa shape index (κ2) is 26.9. The summed E-state index contributed by atoms with van der Waals surface area (Å²) in [5, 5.41) is 0. The first-order valence-electron chi connectivity index (χ1n) is 13.6. The van der Waals surface area contributed by atoms with E-state index in [1.807, 2.05) is 0 Å². The van der Waals surface area contributed by atoms with Gasteiger partial charge in [-0.05, 0) is 19.4 Å². The van der Waals surface area contributed by atoms with E-state index in [9.17, 15) is 0 Å². The monoisotopic (exact) mass is 512 g/mol. The number of rotatable bonds is 22. The highest BCUT2D eigenvalue weighted by Crippen LogP contribution is 2.19. The van der Waals surface area contributed by atoms with Gasteiger partial charge in [0.2, 0.25) is 0 Å². The molecule has 0 saturated carbocycles. The molecule has 2 N–H and O–H groups in total. The highest BCUT2D eigenvalue weighted by atomic mass is 35.5. The van der Waals surface area contributed by atoms with Gasteiger partial charge in [0, 0.05) is 21.3 Å². The smallest absolute Gasteiger partial charge is 0.783 e. The van der Waals surface area contributed by atoms with Crippen molar-refractivity contribution in [3.63, 3.8) is 0 Å². The molecule has 0 aromatic rings. The molecule has 0 atom stereocenters. The number of hydrogen-bond donors (Lipinski definition) is 1. The zero-order valence-corrected chi connectivity index (χ0v) is 25.3. The lowest BCUT2D eigenvalue weighted by atomic mass is 10.0. The molecule has 0 aliphatic heterocycles. The van der Waals surface area contributed by atoms with Gasteiger partial charge >= 0.3 is 8.97 Å². The molecule has 5 nitrogen and oxygen atoms in total. The third-order valence-corrected chi connectivity index (χ3v) is 9.61. The third-order valence-electron chi connectivity index (χ3n) is 6.36. The molecule has 0 heterocycles. The summed E-state index contributed by atoms with van der Waals surface area (Å²) in [4.78, 5) is 0. The van der Waals surface area contributed by atoms with Crippen LogP contribution in [-0.2, 0) is 13.3 Å². The maximum absolute atomic E-state index is 5.48. The Balaban J connectivity index is -0.000000566. The van der Waals surface area contributed by atoms with Crippen LogP contribution in [0.2, 0.25) is 0 Å². The molecule has 7 heteroatoms. The Hall–Kier alpha value is 0.307. The molecule has 0 amide bonds. The van der Waals surface area contributed by atoms with E-state index >= 15 is 0 Å². The predicted octanol–water partition coefficient (Wildman–Crippen LogP) is 4.06. The molecule has 0 radical (unpaired) electrons. The maximum Gasteiger partial charge on any atom is 0.783 e. The summed E-state index contributed by atoms with van der Waals surface area (Å²) < 4.78 is 16.9. The van der Waals surface area contributed by atoms with Crippen molar-refractivity contribution in [2.24, 2.45) is 5.73 Å². The molecule has 0 aliphatic rings. The van der Waals surface area contributed by atoms with Gasteiger partial charge in [-0.2, -0.15) is 0 Å². The Labute approximate surface area is 216 Å². The molecule has 0 aliphatic carbocycles. The van der Waals surface area contributed by atoms with Crippen LogP contribution in [0.1, 0.15) is 123 Å². The van der Waals surface area contributed by atoms with E-state index in [-0.39, 0.29) is 12.4 Å². The molecule has 0 aromatic carbocycles. The molecule has 0 aromatic heterocycles. The lowest BCUT2D eigenvalue weighted by Crippen LogP contribution is -3.00. The average Bonchev–Trinajstić information content (AvgIpc) is 2.78. The summed E-state index contributed by atoms with van der Waals surface area (Å²) in [5.41, 5.74) is 5.48. The molecular formula is C26H61ClN2O3Si. The van der Waals surface area contributed by atoms with Gasteiger partial charge in [-0.1, -0.05) is 110 Å². The number of quaternary nitrogens is 1. The van der Waals surface area contributed by atoms with Crippen LogP contribution in [0.5, 0.6) is 0 Å². The Kier molecular flexibility index (Phi) is 30.9. The fourth-order valence-corrected chi connectivity index (χ4v) is 6.86. The minimum Gasteiger partial charge on any atom is -1.00 e. The van der Waals surface area contributed by atoms with Crippen molar-refractivity contribution in [1.29, 1.82) is 0 Å². The zero-order chi connectivity index (χ0) is 24.6. The standard InChI is InChI=1S/C18H39N.C8H22NO3Si.ClH/c1-2-3-4-5-6-7-8-9-10-11-12-13-14-15-16-17-18-19;1-7-8-9(2,3)13(10-4,11-5)12-6;/h2-19H2,1H3;7-8H2,1-6H3;1H/q;+1;/p-1. The van der Waals surface area contributed by atoms with Gasteiger partial charge in [-0.3, -0.25) is 0 Å². The first-order valence-corrected chi connectivity index (χ1v) is 15.3. The molecule has 0 bridgehead atoms. The van der Waals surface area contributed by atoms with Gasteiger partial charge < -0.3 is 35.6 Å². The van der Waals surface area contributed by atoms with Crippen LogP contribution in [0, 0.1) is 0 Å². The molecule has 0 rings (SSSR count). The highest BCUT2D eigenvalue weighted by molar-refractivity contribution is 6.52. The summed E-state index contributed by atoms with van der Waals surface area (Å²) in [6.45, 7) is 6.29. The SMILES string of the molecule is CCCCCCCCCCCCCCCCCCN.CCC[N+](C)(C)[Si](OC)(OC)OC.[Cl-]. The van der Waals surface area contributed by atoms with Crippen LogP contribution in [-0.4, -0.2) is 61.6 Å². The van der Waals surface area contributed by atoms with Gasteiger partial charge in [0.15, 0.2) is 0 Å². The fourth-order valence-electron chi connectivity index (χ4n) is 4.38. The lowest BCUT2D eigenvalue weighted by Gasteiger charge is -2.39. The van der Waals surface area contributed by atoms with Crippen LogP contribution >= 0.6 is 0 Å². The molecule has 33 heavy (non-hydrogen) atoms. The van der Waals surface area contributed by atoms with Crippen molar-refractivity contribution in [3.8, 4) is 0 Å². The normalized spacial score (nSPS) is 11.6. The first-order chi connectivity index (χ1) is 15.4. The largest absolute Gasteiger partial charge is 1.00 e. The van der Waals surface area contributed by atoms with Crippen molar-refractivity contribution in [3.05, 3.63) is 0 Å². The van der Waals surface area contributed by atoms with E-state index in [0.717, 1.165) is 19.5 Å². The molecule has 0 unspecified atom stereocenters. The topological polar surface area (TPSA) is 53.7 Å². The summed E-state index contributed by atoms with van der Waals surface area (Å²) in [5.74, 6) is 0. The Morgan fingerprint density at radius 2 is 0.848 bits per heavy atom. The van der Waals surface area contributed by atoms with Crippen molar-refractivity contribution >= 4 is 8.97 Å². The van der Waals surface area contributed by atoms with E-state index in [0.29, 0.717) is 4.15 Å². The van der Waals surface area contributed by atoms with E-state index in [4.69, 9.17) is 19.0 Å². The second-order valence-corrected chi connectivity index (χ2v) is 13.1. The predicted molar refractivity (Wildman–Crippen MR) is 143 cm³/mol. The highest BCUT2D eigenvalue weighted by Gasteiger charge is 2.59. The molecule has 0 fully saturated rings. The van der Waals surface area contributed by atoms with Gasteiger partial charge in [0.1, 0.15) is 0 Å². The summed E-state index contributed by atoms with van der Waals surface area (Å²) in [6.07, 6.45) is 23.9. The van der Waals surface area contributed by atoms with E-state index in [1.54, 1.807) is 21.3 Å². The fraction of sp³-hybridized carbons (Fsp3) is 1.00. The number of halogens is 1. The Bertz CT molecular complexity index is 349. The minimum atomic E-state index is -2.53. The summed E-state index contributed by atoms with van der Waals surface area (Å²) >= 11 is 0. The van der Waals surface area contributed by atoms with Gasteiger partial charge in [0.25, 0.3) is 0 Å². The van der Waals surface area contributed by atoms with E-state index in [1.165, 1.54) is 103 Å². The molecular weight excluding hydrogens is 452 g/mol. The molecule has 0 spiro atoms. The number of nitrogens with zero attached hydrogens (tertiary/aromatic N) is 1. The van der Waals surface area contributed by atoms with Crippen molar-refractivity contribution in [2.45, 2.75) is 123 Å². The molecule has 204 valence electrons. The molecule has 0 saturated heterocycles. The van der Waals surface area contributed by atoms with Crippen molar-refractivity contribution in [1.82, 2.24) is 0 Å². The van der Waals surface area contributed by atoms with Crippen LogP contribution in [0.15, 0.2) is 0 Å².